The lowest BCUT2D eigenvalue weighted by atomic mass is 10.1. The lowest BCUT2D eigenvalue weighted by molar-refractivity contribution is -0.124. The summed E-state index contributed by atoms with van der Waals surface area (Å²) < 4.78 is 1.62. The van der Waals surface area contributed by atoms with Crippen molar-refractivity contribution in [2.24, 2.45) is 0 Å². The van der Waals surface area contributed by atoms with Gasteiger partial charge in [-0.05, 0) is 31.1 Å². The van der Waals surface area contributed by atoms with Crippen LogP contribution in [0.1, 0.15) is 30.5 Å². The first-order chi connectivity index (χ1) is 14.2. The maximum atomic E-state index is 11.9. The molecular formula is C19H18N8O2. The molecule has 2 fully saturated rings. The number of carbonyl (C=O) groups is 2. The Kier molecular flexibility index (Phi) is 4.15. The van der Waals surface area contributed by atoms with Gasteiger partial charge in [0.15, 0.2) is 5.65 Å². The first-order valence-electron chi connectivity index (χ1n) is 9.36. The Hall–Kier alpha value is -3.82. The van der Waals surface area contributed by atoms with Crippen molar-refractivity contribution >= 4 is 35.4 Å². The van der Waals surface area contributed by atoms with Gasteiger partial charge in [-0.25, -0.2) is 0 Å². The molecule has 146 valence electrons. The molecule has 0 aromatic carbocycles. The monoisotopic (exact) mass is 390 g/mol. The predicted molar refractivity (Wildman–Crippen MR) is 105 cm³/mol. The van der Waals surface area contributed by atoms with Gasteiger partial charge in [-0.2, -0.15) is 19.6 Å². The largest absolute Gasteiger partial charge is 0.351 e. The molecule has 2 amide bonds. The molecule has 5 rings (SSSR count). The summed E-state index contributed by atoms with van der Waals surface area (Å²) >= 11 is 0. The maximum absolute atomic E-state index is 11.9. The molecule has 0 atom stereocenters. The number of amides is 2. The van der Waals surface area contributed by atoms with Crippen molar-refractivity contribution in [3.8, 4) is 0 Å². The SMILES string of the molecule is O=C1C/C(=C\c2cnn3c(NC4CC4)nc(NCc4ccccn4)nc23)C(=O)N1. The second-order valence-corrected chi connectivity index (χ2v) is 7.02. The van der Waals surface area contributed by atoms with Gasteiger partial charge in [0, 0.05) is 23.4 Å². The summed E-state index contributed by atoms with van der Waals surface area (Å²) in [6.07, 6.45) is 7.23. The van der Waals surface area contributed by atoms with E-state index in [1.165, 1.54) is 0 Å². The number of nitrogens with zero attached hydrogens (tertiary/aromatic N) is 5. The smallest absolute Gasteiger partial charge is 0.254 e. The third kappa shape index (κ3) is 3.64. The summed E-state index contributed by atoms with van der Waals surface area (Å²) in [6.45, 7) is 0.474. The van der Waals surface area contributed by atoms with Gasteiger partial charge in [-0.1, -0.05) is 6.07 Å². The number of pyridine rings is 1. The minimum atomic E-state index is -0.381. The Morgan fingerprint density at radius 1 is 1.24 bits per heavy atom. The molecule has 3 aromatic rings. The van der Waals surface area contributed by atoms with Crippen molar-refractivity contribution in [3.05, 3.63) is 47.4 Å². The van der Waals surface area contributed by atoms with Gasteiger partial charge in [0.05, 0.1) is 24.9 Å². The number of carbonyl (C=O) groups excluding carboxylic acids is 2. The molecule has 2 aliphatic rings. The van der Waals surface area contributed by atoms with Gasteiger partial charge >= 0.3 is 0 Å². The summed E-state index contributed by atoms with van der Waals surface area (Å²) in [4.78, 5) is 36.8. The van der Waals surface area contributed by atoms with E-state index in [0.29, 0.717) is 41.3 Å². The lowest BCUT2D eigenvalue weighted by Crippen LogP contribution is -2.19. The summed E-state index contributed by atoms with van der Waals surface area (Å²) in [7, 11) is 0. The molecule has 3 N–H and O–H groups in total. The van der Waals surface area contributed by atoms with Crippen LogP contribution in [0.25, 0.3) is 11.7 Å². The fourth-order valence-corrected chi connectivity index (χ4v) is 3.06. The van der Waals surface area contributed by atoms with Crippen LogP contribution in [-0.4, -0.2) is 42.4 Å². The molecule has 0 spiro atoms. The Bertz CT molecular complexity index is 1130. The van der Waals surface area contributed by atoms with E-state index >= 15 is 0 Å². The highest BCUT2D eigenvalue weighted by Gasteiger charge is 2.26. The van der Waals surface area contributed by atoms with Crippen molar-refractivity contribution < 1.29 is 9.59 Å². The van der Waals surface area contributed by atoms with Crippen molar-refractivity contribution in [2.75, 3.05) is 10.6 Å². The minimum Gasteiger partial charge on any atom is -0.351 e. The zero-order valence-corrected chi connectivity index (χ0v) is 15.4. The normalized spacial score (nSPS) is 17.7. The highest BCUT2D eigenvalue weighted by atomic mass is 16.2. The van der Waals surface area contributed by atoms with Crippen LogP contribution >= 0.6 is 0 Å². The number of hydrogen-bond acceptors (Lipinski definition) is 8. The highest BCUT2D eigenvalue weighted by Crippen LogP contribution is 2.26. The molecule has 0 bridgehead atoms. The van der Waals surface area contributed by atoms with Crippen LogP contribution in [0.5, 0.6) is 0 Å². The van der Waals surface area contributed by atoms with Gasteiger partial charge in [0.1, 0.15) is 0 Å². The number of aromatic nitrogens is 5. The molecule has 1 saturated heterocycles. The van der Waals surface area contributed by atoms with Crippen molar-refractivity contribution in [1.29, 1.82) is 0 Å². The zero-order chi connectivity index (χ0) is 19.8. The van der Waals surface area contributed by atoms with Crippen LogP contribution in [0.3, 0.4) is 0 Å². The first-order valence-corrected chi connectivity index (χ1v) is 9.36. The van der Waals surface area contributed by atoms with Gasteiger partial charge in [-0.15, -0.1) is 0 Å². The van der Waals surface area contributed by atoms with Crippen molar-refractivity contribution in [2.45, 2.75) is 31.8 Å². The predicted octanol–water partition coefficient (Wildman–Crippen LogP) is 1.14. The molecule has 1 aliphatic heterocycles. The average molecular weight is 390 g/mol. The summed E-state index contributed by atoms with van der Waals surface area (Å²) in [5.41, 5.74) is 2.45. The molecule has 1 saturated carbocycles. The molecule has 4 heterocycles. The molecule has 1 aliphatic carbocycles. The third-order valence-electron chi connectivity index (χ3n) is 4.69. The van der Waals surface area contributed by atoms with Crippen molar-refractivity contribution in [3.63, 3.8) is 0 Å². The molecule has 10 heteroatoms. The molecule has 29 heavy (non-hydrogen) atoms. The number of anilines is 2. The fourth-order valence-electron chi connectivity index (χ4n) is 3.06. The van der Waals surface area contributed by atoms with Crippen LogP contribution < -0.4 is 16.0 Å². The van der Waals surface area contributed by atoms with Gasteiger partial charge < -0.3 is 10.6 Å². The Morgan fingerprint density at radius 3 is 2.86 bits per heavy atom. The Labute approximate surface area is 165 Å². The molecular weight excluding hydrogens is 372 g/mol. The lowest BCUT2D eigenvalue weighted by Gasteiger charge is -2.10. The van der Waals surface area contributed by atoms with Crippen molar-refractivity contribution in [1.82, 2.24) is 29.9 Å². The van der Waals surface area contributed by atoms with Gasteiger partial charge in [0.25, 0.3) is 5.91 Å². The van der Waals surface area contributed by atoms with Crippen LogP contribution in [0.4, 0.5) is 11.9 Å². The standard InChI is InChI=1S/C19H18N8O2/c28-15-8-11(17(29)24-15)7-12-9-22-27-16(12)25-18(26-19(27)23-13-4-5-13)21-10-14-3-1-2-6-20-14/h1-3,6-7,9,13H,4-5,8,10H2,(H,24,28,29)(H2,21,23,25,26)/b11-7+. The Balaban J connectivity index is 1.51. The number of imide groups is 1. The summed E-state index contributed by atoms with van der Waals surface area (Å²) in [5, 5.41) is 13.2. The third-order valence-corrected chi connectivity index (χ3v) is 4.69. The second kappa shape index (κ2) is 6.97. The Morgan fingerprint density at radius 2 is 2.14 bits per heavy atom. The summed E-state index contributed by atoms with van der Waals surface area (Å²) in [6, 6.07) is 6.07. The van der Waals surface area contributed by atoms with E-state index in [2.05, 4.69) is 36.0 Å². The fraction of sp³-hybridized carbons (Fsp3) is 0.263. The van der Waals surface area contributed by atoms with E-state index in [-0.39, 0.29) is 18.2 Å². The minimum absolute atomic E-state index is 0.0548. The summed E-state index contributed by atoms with van der Waals surface area (Å²) in [5.74, 6) is 0.324. The highest BCUT2D eigenvalue weighted by molar-refractivity contribution is 6.15. The van der Waals surface area contributed by atoms with E-state index in [1.54, 1.807) is 23.0 Å². The topological polar surface area (TPSA) is 126 Å². The quantitative estimate of drug-likeness (QED) is 0.422. The molecule has 0 radical (unpaired) electrons. The van der Waals surface area contributed by atoms with E-state index in [0.717, 1.165) is 18.5 Å². The number of rotatable bonds is 6. The van der Waals surface area contributed by atoms with Crippen LogP contribution in [0.15, 0.2) is 36.2 Å². The van der Waals surface area contributed by atoms with E-state index in [4.69, 9.17) is 0 Å². The maximum Gasteiger partial charge on any atom is 0.254 e. The van der Waals surface area contributed by atoms with E-state index < -0.39 is 0 Å². The molecule has 0 unspecified atom stereocenters. The van der Waals surface area contributed by atoms with Crippen LogP contribution in [0, 0.1) is 0 Å². The molecule has 10 nitrogen and oxygen atoms in total. The van der Waals surface area contributed by atoms with Gasteiger partial charge in [-0.3, -0.25) is 19.9 Å². The van der Waals surface area contributed by atoms with Crippen LogP contribution in [0.2, 0.25) is 0 Å². The second-order valence-electron chi connectivity index (χ2n) is 7.02. The number of hydrogen-bond donors (Lipinski definition) is 3. The molecule has 3 aromatic heterocycles. The van der Waals surface area contributed by atoms with Gasteiger partial charge in [0.2, 0.25) is 17.8 Å². The van der Waals surface area contributed by atoms with Crippen LogP contribution in [-0.2, 0) is 16.1 Å². The number of nitrogens with one attached hydrogen (secondary N) is 3. The first kappa shape index (κ1) is 17.3. The zero-order valence-electron chi connectivity index (χ0n) is 15.4. The number of fused-ring (bicyclic) bond motifs is 1. The van der Waals surface area contributed by atoms with E-state index in [9.17, 15) is 9.59 Å². The average Bonchev–Trinajstić information content (AvgIpc) is 3.36. The van der Waals surface area contributed by atoms with E-state index in [1.807, 2.05) is 18.2 Å².